The van der Waals surface area contributed by atoms with Crippen molar-refractivity contribution in [1.82, 2.24) is 5.32 Å². The van der Waals surface area contributed by atoms with Crippen molar-refractivity contribution >= 4 is 43.5 Å². The average molecular weight is 893 g/mol. The number of aliphatic hydroxyl groups excluding tert-OH is 6. The number of benzene rings is 2. The summed E-state index contributed by atoms with van der Waals surface area (Å²) in [6.07, 6.45) is -5.65. The van der Waals surface area contributed by atoms with Crippen molar-refractivity contribution in [3.05, 3.63) is 53.6 Å². The zero-order valence-electron chi connectivity index (χ0n) is 35.1. The molecule has 8 N–H and O–H groups in total. The number of phenols is 1. The minimum Gasteiger partial charge on any atom is -0.665 e. The van der Waals surface area contributed by atoms with Crippen LogP contribution in [-0.2, 0) is 59.2 Å². The van der Waals surface area contributed by atoms with Crippen LogP contribution in [-0.4, -0.2) is 90.9 Å². The van der Waals surface area contributed by atoms with Gasteiger partial charge in [-0.2, -0.15) is 20.6 Å². The number of hydrogen-bond donors (Lipinski definition) is 8. The third kappa shape index (κ3) is 18.3. The van der Waals surface area contributed by atoms with E-state index in [1.165, 1.54) is 20.9 Å². The van der Waals surface area contributed by atoms with Gasteiger partial charge in [0.2, 0.25) is 0 Å². The maximum atomic E-state index is 11.1. The van der Waals surface area contributed by atoms with E-state index in [4.69, 9.17) is 35.1 Å². The molecule has 311 valence electrons. The number of phenolic OH excluding ortho intramolecular Hbond substituents is 1. The first kappa shape index (κ1) is 57.7. The molecule has 0 heterocycles. The van der Waals surface area contributed by atoms with E-state index in [0.717, 1.165) is 16.9 Å². The number of thioether (sulfide) groups is 2. The number of rotatable bonds is 11. The van der Waals surface area contributed by atoms with Crippen LogP contribution >= 0.6 is 37.0 Å². The quantitative estimate of drug-likeness (QED) is 0.0678. The maximum absolute atomic E-state index is 11.1. The van der Waals surface area contributed by atoms with E-state index in [9.17, 15) is 10.2 Å². The molecule has 0 amide bonds. The van der Waals surface area contributed by atoms with Crippen molar-refractivity contribution in [3.8, 4) is 11.5 Å². The van der Waals surface area contributed by atoms with Gasteiger partial charge in [-0.25, -0.2) is 0 Å². The molecule has 0 aromatic heterocycles. The number of likely N-dealkylation sites (N-methyl/N-ethyl adjacent to an activating group) is 1. The Labute approximate surface area is 366 Å². The molecule has 0 aliphatic heterocycles. The Kier molecular flexibility index (Phi) is 25.4. The van der Waals surface area contributed by atoms with Gasteiger partial charge in [-0.15, -0.1) is 23.5 Å². The van der Waals surface area contributed by atoms with Gasteiger partial charge in [-0.1, -0.05) is 89.6 Å². The van der Waals surface area contributed by atoms with Crippen molar-refractivity contribution in [1.29, 1.82) is 0 Å². The van der Waals surface area contributed by atoms with Gasteiger partial charge in [0.05, 0.1) is 22.5 Å². The summed E-state index contributed by atoms with van der Waals surface area (Å²) in [5, 5.41) is 65.4. The summed E-state index contributed by atoms with van der Waals surface area (Å²) < 4.78 is 5.58. The fourth-order valence-electron chi connectivity index (χ4n) is 5.22. The molecular weight excluding hydrogens is 824 g/mol. The van der Waals surface area contributed by atoms with E-state index in [1.807, 2.05) is 23.5 Å². The first-order valence-electron chi connectivity index (χ1n) is 17.3. The third-order valence-electron chi connectivity index (χ3n) is 7.99. The average Bonchev–Trinajstić information content (AvgIpc) is 2.98. The molecule has 0 unspecified atom stereocenters. The third-order valence-corrected chi connectivity index (χ3v) is 10.4. The number of aromatic hydroxyl groups is 1. The van der Waals surface area contributed by atoms with Crippen molar-refractivity contribution < 1.29 is 78.0 Å². The maximum Gasteiger partial charge on any atom is 0.123 e. The van der Waals surface area contributed by atoms with Crippen LogP contribution in [0.25, 0.3) is 0 Å². The zero-order valence-corrected chi connectivity index (χ0v) is 40.6. The molecular formula is C40H69NO9S3Y-2. The molecule has 0 saturated heterocycles. The second-order valence-corrected chi connectivity index (χ2v) is 21.1. The van der Waals surface area contributed by atoms with Crippen molar-refractivity contribution in [2.75, 3.05) is 20.2 Å². The van der Waals surface area contributed by atoms with Crippen LogP contribution in [0, 0.1) is 7.11 Å². The molecule has 10 nitrogen and oxygen atoms in total. The molecule has 0 aliphatic carbocycles. The Bertz CT molecular complexity index is 1350. The molecule has 2 aromatic rings. The minimum atomic E-state index is -1.55. The molecule has 1 radical (unpaired) electrons. The largest absolute Gasteiger partial charge is 0.665 e. The van der Waals surface area contributed by atoms with Crippen LogP contribution in [0.4, 0.5) is 0 Å². The standard InChI is InChI=1S/C32H49O2S2.C7H17NO5.CHO2.H2S.Y/c1-28(2,3)22-16-20(17-23(26(22)33)29(4,5)6)35-32(13,14)36-21-18-24(30(7,8)9)27(34-15)25(19-21)31(10,11)12;1-8-2-4(10)6(12)7(13)5(11)3-9;2-1-3;;/h16-19,33H,15H2,1-14H3;4-13H,2-3H2,1H3;(H,2,3);1H2;/q-1;;-1;;/t;4-,5+,6+,7+;;;/m.0.../s1. The summed E-state index contributed by atoms with van der Waals surface area (Å²) in [7, 11) is 5.37. The SMILES string of the molecule is CNC[C@H](O)[C@@H](O)[C@H](O)[C@H](O)CO.O=[C-]O.S.[CH2-]Oc1c(C(C)(C)C)cc(SC(C)(C)Sc2cc(C(C)(C)C)c(O)c(C(C)(C)C)c2)cc1C(C)(C)C.[Y]. The van der Waals surface area contributed by atoms with Crippen molar-refractivity contribution in [3.63, 3.8) is 0 Å². The molecule has 0 fully saturated rings. The predicted octanol–water partition coefficient (Wildman–Crippen LogP) is 6.74. The second kappa shape index (κ2) is 23.7. The van der Waals surface area contributed by atoms with Gasteiger partial charge >= 0.3 is 0 Å². The fourth-order valence-corrected chi connectivity index (χ4v) is 7.81. The molecule has 0 spiro atoms. The van der Waals surface area contributed by atoms with Gasteiger partial charge in [-0.05, 0) is 77.9 Å². The van der Waals surface area contributed by atoms with E-state index in [1.54, 1.807) is 7.05 Å². The van der Waals surface area contributed by atoms with Crippen LogP contribution in [0.2, 0.25) is 0 Å². The number of aliphatic hydroxyl groups is 5. The summed E-state index contributed by atoms with van der Waals surface area (Å²) in [5.41, 5.74) is 3.93. The van der Waals surface area contributed by atoms with E-state index >= 15 is 0 Å². The van der Waals surface area contributed by atoms with Crippen molar-refractivity contribution in [2.24, 2.45) is 0 Å². The number of ether oxygens (including phenoxy) is 1. The molecule has 0 bridgehead atoms. The van der Waals surface area contributed by atoms with Crippen LogP contribution < -0.4 is 10.1 Å². The van der Waals surface area contributed by atoms with Gasteiger partial charge in [0.15, 0.2) is 0 Å². The fraction of sp³-hybridized carbons (Fsp3) is 0.650. The Balaban J connectivity index is -0.00000122. The number of hydrogen-bond acceptors (Lipinski definition) is 11. The van der Waals surface area contributed by atoms with Crippen LogP contribution in [0.3, 0.4) is 0 Å². The second-order valence-electron chi connectivity index (χ2n) is 17.4. The summed E-state index contributed by atoms with van der Waals surface area (Å²) in [6, 6.07) is 8.91. The smallest absolute Gasteiger partial charge is 0.123 e. The summed E-state index contributed by atoms with van der Waals surface area (Å²) in [6.45, 7) is 30.8. The molecule has 4 atom stereocenters. The van der Waals surface area contributed by atoms with E-state index in [-0.39, 0.29) is 78.5 Å². The van der Waals surface area contributed by atoms with Gasteiger partial charge in [0.1, 0.15) is 24.1 Å². The Morgan fingerprint density at radius 3 is 1.26 bits per heavy atom. The molecule has 14 heteroatoms. The first-order valence-corrected chi connectivity index (χ1v) is 18.9. The van der Waals surface area contributed by atoms with E-state index in [0.29, 0.717) is 12.2 Å². The normalized spacial score (nSPS) is 14.4. The van der Waals surface area contributed by atoms with Crippen LogP contribution in [0.1, 0.15) is 119 Å². The van der Waals surface area contributed by atoms with Crippen LogP contribution in [0.5, 0.6) is 11.5 Å². The Hall–Kier alpha value is -0.576. The first-order chi connectivity index (χ1) is 23.4. The van der Waals surface area contributed by atoms with Gasteiger partial charge < -0.3 is 50.6 Å². The van der Waals surface area contributed by atoms with E-state index in [2.05, 4.69) is 134 Å². The molecule has 2 rings (SSSR count). The van der Waals surface area contributed by atoms with Crippen molar-refractivity contribution in [2.45, 2.75) is 157 Å². The summed E-state index contributed by atoms with van der Waals surface area (Å²) in [5.74, 6) is 1.33. The monoisotopic (exact) mass is 892 g/mol. The molecule has 0 saturated carbocycles. The molecule has 0 aliphatic rings. The van der Waals surface area contributed by atoms with Gasteiger partial charge in [-0.3, -0.25) is 0 Å². The van der Waals surface area contributed by atoms with Crippen LogP contribution in [0.15, 0.2) is 34.1 Å². The summed E-state index contributed by atoms with van der Waals surface area (Å²) in [4.78, 5) is 10.7. The molecule has 2 aromatic carbocycles. The van der Waals surface area contributed by atoms with Gasteiger partial charge in [0, 0.05) is 60.2 Å². The Morgan fingerprint density at radius 1 is 0.704 bits per heavy atom. The predicted molar refractivity (Wildman–Crippen MR) is 225 cm³/mol. The van der Waals surface area contributed by atoms with Gasteiger partial charge in [0.25, 0.3) is 0 Å². The number of nitrogens with one attached hydrogen (secondary N) is 1. The topological polar surface area (TPSA) is 180 Å². The Morgan fingerprint density at radius 2 is 1.00 bits per heavy atom. The minimum absolute atomic E-state index is 0. The zero-order chi connectivity index (χ0) is 41.2. The molecule has 54 heavy (non-hydrogen) atoms. The van der Waals surface area contributed by atoms with E-state index < -0.39 is 31.0 Å². The summed E-state index contributed by atoms with van der Waals surface area (Å²) >= 11 is 3.73.